The van der Waals surface area contributed by atoms with Crippen molar-refractivity contribution in [3.8, 4) is 0 Å². The first-order chi connectivity index (χ1) is 11.1. The van der Waals surface area contributed by atoms with Crippen molar-refractivity contribution < 1.29 is 4.74 Å². The molecule has 1 aliphatic heterocycles. The van der Waals surface area contributed by atoms with Crippen LogP contribution in [0.5, 0.6) is 0 Å². The summed E-state index contributed by atoms with van der Waals surface area (Å²) in [6.07, 6.45) is 9.69. The molecule has 10 heteroatoms. The number of hydrogen-bond donors (Lipinski definition) is 1. The lowest BCUT2D eigenvalue weighted by molar-refractivity contribution is 0.142. The first-order valence-electron chi connectivity index (χ1n) is 6.76. The summed E-state index contributed by atoms with van der Waals surface area (Å²) < 4.78 is 1.66. The average molecular weight is 452 g/mol. The molecule has 0 aromatic rings. The van der Waals surface area contributed by atoms with E-state index in [9.17, 15) is 0 Å². The summed E-state index contributed by atoms with van der Waals surface area (Å²) >= 11 is 35.2. The third kappa shape index (κ3) is 5.80. The second kappa shape index (κ2) is 8.17. The zero-order chi connectivity index (χ0) is 18.0. The zero-order valence-corrected chi connectivity index (χ0v) is 16.9. The van der Waals surface area contributed by atoms with Gasteiger partial charge in [-0.3, -0.25) is 0 Å². The second-order valence-electron chi connectivity index (χ2n) is 4.92. The second-order valence-corrected chi connectivity index (χ2v) is 9.48. The van der Waals surface area contributed by atoms with Crippen molar-refractivity contribution in [1.82, 2.24) is 5.32 Å². The van der Waals surface area contributed by atoms with Crippen LogP contribution in [0.15, 0.2) is 45.9 Å². The predicted octanol–water partition coefficient (Wildman–Crippen LogP) is 4.91. The number of nitrogens with zero attached hydrogens (tertiary/aromatic N) is 2. The Hall–Kier alpha value is 0.0600. The van der Waals surface area contributed by atoms with Crippen LogP contribution in [-0.4, -0.2) is 38.6 Å². The molecular weight excluding hydrogens is 439 g/mol. The number of nitrogens with one attached hydrogen (secondary N) is 1. The van der Waals surface area contributed by atoms with Gasteiger partial charge in [0.15, 0.2) is 17.8 Å². The maximum Gasteiger partial charge on any atom is 0.247 e. The Morgan fingerprint density at radius 2 is 1.71 bits per heavy atom. The van der Waals surface area contributed by atoms with Crippen LogP contribution in [0.3, 0.4) is 0 Å². The van der Waals surface area contributed by atoms with Crippen molar-refractivity contribution in [2.75, 3.05) is 7.11 Å². The Morgan fingerprint density at radius 3 is 2.12 bits per heavy atom. The molecule has 132 valence electrons. The van der Waals surface area contributed by atoms with Crippen molar-refractivity contribution in [2.45, 2.75) is 26.3 Å². The van der Waals surface area contributed by atoms with Gasteiger partial charge < -0.3 is 10.1 Å². The van der Waals surface area contributed by atoms with Crippen LogP contribution in [0.1, 0.15) is 6.42 Å². The third-order valence-corrected chi connectivity index (χ3v) is 4.22. The van der Waals surface area contributed by atoms with Gasteiger partial charge in [0.05, 0.1) is 6.10 Å². The van der Waals surface area contributed by atoms with Crippen LogP contribution in [0.4, 0.5) is 0 Å². The van der Waals surface area contributed by atoms with E-state index in [1.54, 1.807) is 13.2 Å². The maximum atomic E-state index is 5.87. The Bertz CT molecular complexity index is 597. The average Bonchev–Trinajstić information content (AvgIpc) is 2.51. The van der Waals surface area contributed by atoms with Gasteiger partial charge in [0, 0.05) is 7.11 Å². The molecule has 0 bridgehead atoms. The molecule has 0 amide bonds. The van der Waals surface area contributed by atoms with Crippen LogP contribution in [-0.2, 0) is 4.74 Å². The van der Waals surface area contributed by atoms with E-state index in [1.165, 1.54) is 0 Å². The van der Waals surface area contributed by atoms with Crippen molar-refractivity contribution in [3.05, 3.63) is 36.0 Å². The van der Waals surface area contributed by atoms with Gasteiger partial charge in [-0.25, -0.2) is 9.98 Å². The van der Waals surface area contributed by atoms with Gasteiger partial charge in [-0.05, 0) is 18.1 Å². The first-order valence-corrected chi connectivity index (χ1v) is 9.03. The summed E-state index contributed by atoms with van der Waals surface area (Å²) in [7, 11) is 1.67. The molecule has 0 fully saturated rings. The van der Waals surface area contributed by atoms with E-state index < -0.39 is 13.8 Å². The molecule has 2 aliphatic rings. The van der Waals surface area contributed by atoms with Gasteiger partial charge in [0.1, 0.15) is 0 Å². The molecule has 0 spiro atoms. The van der Waals surface area contributed by atoms with E-state index >= 15 is 0 Å². The van der Waals surface area contributed by atoms with E-state index in [2.05, 4.69) is 15.3 Å². The summed E-state index contributed by atoms with van der Waals surface area (Å²) in [5.74, 6) is 0.0668. The first kappa shape index (κ1) is 20.4. The number of alkyl halides is 6. The number of aliphatic imine (C=N–C) groups is 2. The van der Waals surface area contributed by atoms with Crippen molar-refractivity contribution >= 4 is 81.3 Å². The number of rotatable bonds is 3. The molecule has 1 aliphatic carbocycles. The molecule has 0 aromatic carbocycles. The largest absolute Gasteiger partial charge is 0.377 e. The highest BCUT2D eigenvalue weighted by Gasteiger charge is 2.38. The lowest BCUT2D eigenvalue weighted by atomic mass is 10.0. The van der Waals surface area contributed by atoms with Gasteiger partial charge in [-0.15, -0.1) is 0 Å². The van der Waals surface area contributed by atoms with Crippen LogP contribution >= 0.6 is 69.6 Å². The van der Waals surface area contributed by atoms with Gasteiger partial charge in [0.25, 0.3) is 0 Å². The molecule has 2 rings (SSSR count). The number of amidine groups is 2. The number of methoxy groups -OCH3 is 1. The molecule has 0 saturated heterocycles. The lowest BCUT2D eigenvalue weighted by Gasteiger charge is -2.26. The quantitative estimate of drug-likeness (QED) is 0.619. The van der Waals surface area contributed by atoms with E-state index in [-0.39, 0.29) is 17.8 Å². The highest BCUT2D eigenvalue weighted by molar-refractivity contribution is 6.79. The molecule has 0 saturated carbocycles. The van der Waals surface area contributed by atoms with Crippen LogP contribution in [0, 0.1) is 0 Å². The van der Waals surface area contributed by atoms with E-state index in [0.29, 0.717) is 0 Å². The van der Waals surface area contributed by atoms with Gasteiger partial charge in [-0.2, -0.15) is 0 Å². The van der Waals surface area contributed by atoms with Crippen molar-refractivity contribution in [3.63, 3.8) is 0 Å². The highest BCUT2D eigenvalue weighted by atomic mass is 35.6. The van der Waals surface area contributed by atoms with E-state index in [1.807, 2.05) is 24.3 Å². The van der Waals surface area contributed by atoms with Gasteiger partial charge >= 0.3 is 0 Å². The molecule has 4 nitrogen and oxygen atoms in total. The molecule has 1 N–H and O–H groups in total. The minimum atomic E-state index is -1.79. The standard InChI is InChI=1S/C14H13Cl6N3O/c1-24-9-5-2-8(3-6-9)4-7-10-21-11(13(15,16)17)23-12(22-10)14(18,19)20/h2-5,7,9-10H,6H2,1H3,(H,21,22,23)/b7-4+. The SMILES string of the molecule is COC1C=CC(/C=C/C2N=C(C(Cl)(Cl)Cl)NC(C(Cl)(Cl)Cl)=N2)=CC1. The predicted molar refractivity (Wildman–Crippen MR) is 104 cm³/mol. The molecule has 0 aromatic heterocycles. The summed E-state index contributed by atoms with van der Waals surface area (Å²) in [4.78, 5) is 8.43. The van der Waals surface area contributed by atoms with Crippen molar-refractivity contribution in [2.24, 2.45) is 9.98 Å². The minimum absolute atomic E-state index is 0.0334. The zero-order valence-electron chi connectivity index (χ0n) is 12.3. The van der Waals surface area contributed by atoms with Crippen LogP contribution < -0.4 is 5.32 Å². The fourth-order valence-electron chi connectivity index (χ4n) is 1.96. The molecule has 1 atom stereocenters. The van der Waals surface area contributed by atoms with Crippen LogP contribution in [0.25, 0.3) is 0 Å². The highest BCUT2D eigenvalue weighted by Crippen LogP contribution is 2.33. The summed E-state index contributed by atoms with van der Waals surface area (Å²) in [5, 5.41) is 2.64. The fraction of sp³-hybridized carbons (Fsp3) is 0.429. The summed E-state index contributed by atoms with van der Waals surface area (Å²) in [6.45, 7) is 0. The molecule has 1 heterocycles. The number of allylic oxidation sites excluding steroid dienone is 3. The van der Waals surface area contributed by atoms with E-state index in [0.717, 1.165) is 12.0 Å². The van der Waals surface area contributed by atoms with Crippen LogP contribution in [0.2, 0.25) is 0 Å². The molecule has 24 heavy (non-hydrogen) atoms. The topological polar surface area (TPSA) is 46.0 Å². The summed E-state index contributed by atoms with van der Waals surface area (Å²) in [5.41, 5.74) is 0.984. The van der Waals surface area contributed by atoms with Gasteiger partial charge in [0.2, 0.25) is 7.59 Å². The Labute approximate surface area is 170 Å². The monoisotopic (exact) mass is 449 g/mol. The number of halogens is 6. The maximum absolute atomic E-state index is 5.87. The number of hydrogen-bond acceptors (Lipinski definition) is 4. The normalized spacial score (nSPS) is 23.0. The smallest absolute Gasteiger partial charge is 0.247 e. The third-order valence-electron chi connectivity index (χ3n) is 3.15. The molecule has 0 radical (unpaired) electrons. The molecule has 1 unspecified atom stereocenters. The summed E-state index contributed by atoms with van der Waals surface area (Å²) in [6, 6.07) is 0. The minimum Gasteiger partial charge on any atom is -0.377 e. The van der Waals surface area contributed by atoms with Crippen molar-refractivity contribution in [1.29, 1.82) is 0 Å². The van der Waals surface area contributed by atoms with Gasteiger partial charge in [-0.1, -0.05) is 93.9 Å². The lowest BCUT2D eigenvalue weighted by Crippen LogP contribution is -2.48. The number of ether oxygens (including phenoxy) is 1. The molecular formula is C14H13Cl6N3O. The van der Waals surface area contributed by atoms with E-state index in [4.69, 9.17) is 74.3 Å². The Kier molecular flexibility index (Phi) is 6.94. The Balaban J connectivity index is 2.20. The Morgan fingerprint density at radius 1 is 1.12 bits per heavy atom. The fourth-order valence-corrected chi connectivity index (χ4v) is 2.53.